The lowest BCUT2D eigenvalue weighted by Gasteiger charge is -2.14. The summed E-state index contributed by atoms with van der Waals surface area (Å²) in [5, 5.41) is 4.01. The van der Waals surface area contributed by atoms with E-state index in [1.54, 1.807) is 12.1 Å². The van der Waals surface area contributed by atoms with Crippen LogP contribution in [0.5, 0.6) is 5.75 Å². The summed E-state index contributed by atoms with van der Waals surface area (Å²) in [4.78, 5) is 12.9. The Kier molecular flexibility index (Phi) is 5.91. The number of hydrogen-bond acceptors (Lipinski definition) is 4. The van der Waals surface area contributed by atoms with E-state index in [9.17, 15) is 8.68 Å². The van der Waals surface area contributed by atoms with Crippen LogP contribution in [0.25, 0.3) is 21.5 Å². The molecule has 148 valence electrons. The summed E-state index contributed by atoms with van der Waals surface area (Å²) in [5.41, 5.74) is 1.80. The summed E-state index contributed by atoms with van der Waals surface area (Å²) in [6, 6.07) is 25.2. The second-order valence-electron chi connectivity index (χ2n) is 6.21. The van der Waals surface area contributed by atoms with Gasteiger partial charge in [0.15, 0.2) is 0 Å². The van der Waals surface area contributed by atoms with Crippen molar-refractivity contribution in [1.29, 1.82) is 0 Å². The van der Waals surface area contributed by atoms with Crippen LogP contribution in [0.1, 0.15) is 15.9 Å². The molecule has 1 N–H and O–H groups in total. The van der Waals surface area contributed by atoms with Gasteiger partial charge in [0.25, 0.3) is 0 Å². The molecule has 5 nitrogen and oxygen atoms in total. The molecular formula is C22H17FO5S. The summed E-state index contributed by atoms with van der Waals surface area (Å²) in [6.07, 6.45) is 0. The zero-order valence-electron chi connectivity index (χ0n) is 15.4. The van der Waals surface area contributed by atoms with Gasteiger partial charge in [0.1, 0.15) is 5.75 Å². The monoisotopic (exact) mass is 412 g/mol. The third-order valence-corrected chi connectivity index (χ3v) is 4.36. The zero-order chi connectivity index (χ0) is 21.0. The smallest absolute Gasteiger partial charge is 0.423 e. The minimum absolute atomic E-state index is 0.325. The summed E-state index contributed by atoms with van der Waals surface area (Å²) >= 11 is 0. The van der Waals surface area contributed by atoms with Crippen molar-refractivity contribution in [3.63, 3.8) is 0 Å². The van der Waals surface area contributed by atoms with Crippen LogP contribution < -0.4 is 4.74 Å². The molecule has 0 saturated heterocycles. The van der Waals surface area contributed by atoms with E-state index in [0.29, 0.717) is 11.3 Å². The predicted molar refractivity (Wildman–Crippen MR) is 110 cm³/mol. The average Bonchev–Trinajstić information content (AvgIpc) is 2.68. The number of rotatable bonds is 2. The molecule has 7 heteroatoms. The maximum Gasteiger partial charge on any atom is 0.435 e. The van der Waals surface area contributed by atoms with Gasteiger partial charge in [-0.05, 0) is 46.2 Å². The Bertz CT molecular complexity index is 1220. The quantitative estimate of drug-likeness (QED) is 0.159. The molecule has 0 saturated carbocycles. The zero-order valence-corrected chi connectivity index (χ0v) is 16.2. The minimum Gasteiger partial charge on any atom is -0.423 e. The van der Waals surface area contributed by atoms with Gasteiger partial charge in [-0.15, -0.1) is 0 Å². The van der Waals surface area contributed by atoms with Crippen LogP contribution in [0.15, 0.2) is 78.9 Å². The number of ether oxygens (including phenoxy) is 1. The van der Waals surface area contributed by atoms with Crippen molar-refractivity contribution in [1.82, 2.24) is 0 Å². The number of carbonyl (C=O) groups is 1. The second-order valence-corrected chi connectivity index (χ2v) is 7.03. The Morgan fingerprint density at radius 3 is 1.62 bits per heavy atom. The van der Waals surface area contributed by atoms with E-state index in [1.165, 1.54) is 5.56 Å². The van der Waals surface area contributed by atoms with Crippen LogP contribution >= 0.6 is 0 Å². The Hall–Kier alpha value is -3.29. The van der Waals surface area contributed by atoms with Crippen molar-refractivity contribution < 1.29 is 26.4 Å². The highest BCUT2D eigenvalue weighted by molar-refractivity contribution is 7.80. The van der Waals surface area contributed by atoms with Crippen LogP contribution in [0.4, 0.5) is 3.89 Å². The lowest BCUT2D eigenvalue weighted by atomic mass is 9.92. The number of fused-ring (bicyclic) bond motifs is 2. The molecule has 4 aromatic rings. The van der Waals surface area contributed by atoms with Gasteiger partial charge in [-0.25, -0.2) is 4.79 Å². The molecule has 0 bridgehead atoms. The van der Waals surface area contributed by atoms with E-state index in [0.717, 1.165) is 21.5 Å². The first-order valence-corrected chi connectivity index (χ1v) is 9.94. The molecule has 4 aromatic carbocycles. The predicted octanol–water partition coefficient (Wildman–Crippen LogP) is 5.28. The number of esters is 1. The van der Waals surface area contributed by atoms with Crippen LogP contribution in [0.3, 0.4) is 0 Å². The number of benzene rings is 4. The Morgan fingerprint density at radius 2 is 1.17 bits per heavy atom. The first-order valence-electron chi connectivity index (χ1n) is 8.60. The SMILES string of the molecule is Cc1c2ccccc2c(C(=O)Oc2ccccc2)c2ccccc12.O=S(=O)(O)F. The van der Waals surface area contributed by atoms with Gasteiger partial charge in [0, 0.05) is 0 Å². The van der Waals surface area contributed by atoms with E-state index in [4.69, 9.17) is 17.7 Å². The largest absolute Gasteiger partial charge is 0.435 e. The normalized spacial score (nSPS) is 11.0. The summed E-state index contributed by atoms with van der Waals surface area (Å²) in [7, 11) is -5.17. The Morgan fingerprint density at radius 1 is 0.793 bits per heavy atom. The highest BCUT2D eigenvalue weighted by atomic mass is 32.3. The maximum absolute atomic E-state index is 12.9. The van der Waals surface area contributed by atoms with E-state index in [2.05, 4.69) is 19.1 Å². The van der Waals surface area contributed by atoms with Gasteiger partial charge >= 0.3 is 16.5 Å². The van der Waals surface area contributed by atoms with Crippen molar-refractivity contribution in [2.75, 3.05) is 0 Å². The summed E-state index contributed by atoms with van der Waals surface area (Å²) in [6.45, 7) is 2.09. The Labute approximate surface area is 167 Å². The van der Waals surface area contributed by atoms with Crippen molar-refractivity contribution in [3.05, 3.63) is 90.0 Å². The molecule has 0 aromatic heterocycles. The molecule has 0 aliphatic heterocycles. The fourth-order valence-corrected chi connectivity index (χ4v) is 3.21. The molecule has 0 heterocycles. The Balaban J connectivity index is 0.000000431. The number of carbonyl (C=O) groups excluding carboxylic acids is 1. The van der Waals surface area contributed by atoms with E-state index in [-0.39, 0.29) is 5.97 Å². The molecule has 0 spiro atoms. The standard InChI is InChI=1S/C22H16O2.FHO3S/c1-15-17-11-5-7-13-19(17)21(20-14-8-6-12-18(15)20)22(23)24-16-9-3-2-4-10-16;1-5(2,3)4/h2-14H,1H3;(H,2,3,4). The minimum atomic E-state index is -5.17. The first kappa shape index (κ1) is 20.4. The summed E-state index contributed by atoms with van der Waals surface area (Å²) < 4.78 is 39.7. The number of para-hydroxylation sites is 1. The van der Waals surface area contributed by atoms with Gasteiger partial charge < -0.3 is 4.74 Å². The molecule has 0 unspecified atom stereocenters. The van der Waals surface area contributed by atoms with Crippen LogP contribution in [0.2, 0.25) is 0 Å². The fraction of sp³-hybridized carbons (Fsp3) is 0.0455. The van der Waals surface area contributed by atoms with Gasteiger partial charge in [0.2, 0.25) is 0 Å². The highest BCUT2D eigenvalue weighted by Gasteiger charge is 2.18. The topological polar surface area (TPSA) is 80.7 Å². The first-order chi connectivity index (χ1) is 13.8. The average molecular weight is 412 g/mol. The van der Waals surface area contributed by atoms with Gasteiger partial charge in [0.05, 0.1) is 5.56 Å². The fourth-order valence-electron chi connectivity index (χ4n) is 3.21. The lowest BCUT2D eigenvalue weighted by molar-refractivity contribution is 0.0739. The third kappa shape index (κ3) is 4.96. The van der Waals surface area contributed by atoms with Crippen LogP contribution in [-0.4, -0.2) is 18.9 Å². The van der Waals surface area contributed by atoms with Gasteiger partial charge in [-0.3, -0.25) is 4.55 Å². The maximum atomic E-state index is 12.9. The van der Waals surface area contributed by atoms with Crippen molar-refractivity contribution in [3.8, 4) is 5.75 Å². The molecule has 0 fully saturated rings. The van der Waals surface area contributed by atoms with E-state index in [1.807, 2.05) is 54.6 Å². The van der Waals surface area contributed by atoms with Crippen molar-refractivity contribution >= 4 is 38.0 Å². The molecule has 0 radical (unpaired) electrons. The molecule has 4 rings (SSSR count). The molecule has 0 aliphatic rings. The number of aryl methyl sites for hydroxylation is 1. The second kappa shape index (κ2) is 8.38. The lowest BCUT2D eigenvalue weighted by Crippen LogP contribution is -2.10. The van der Waals surface area contributed by atoms with Gasteiger partial charge in [-0.1, -0.05) is 70.6 Å². The summed E-state index contributed by atoms with van der Waals surface area (Å²) in [5.74, 6) is 0.227. The van der Waals surface area contributed by atoms with Gasteiger partial charge in [-0.2, -0.15) is 8.42 Å². The molecule has 0 atom stereocenters. The van der Waals surface area contributed by atoms with Crippen LogP contribution in [0, 0.1) is 6.92 Å². The highest BCUT2D eigenvalue weighted by Crippen LogP contribution is 2.33. The van der Waals surface area contributed by atoms with E-state index >= 15 is 0 Å². The van der Waals surface area contributed by atoms with Crippen molar-refractivity contribution in [2.45, 2.75) is 6.92 Å². The molecule has 29 heavy (non-hydrogen) atoms. The molecular weight excluding hydrogens is 395 g/mol. The third-order valence-electron chi connectivity index (χ3n) is 4.36. The molecule has 0 amide bonds. The van der Waals surface area contributed by atoms with Crippen molar-refractivity contribution in [2.24, 2.45) is 0 Å². The van der Waals surface area contributed by atoms with Crippen LogP contribution in [-0.2, 0) is 10.5 Å². The molecule has 0 aliphatic carbocycles. The number of hydrogen-bond donors (Lipinski definition) is 1. The van der Waals surface area contributed by atoms with E-state index < -0.39 is 10.5 Å². The number of halogens is 1.